The van der Waals surface area contributed by atoms with E-state index in [0.717, 1.165) is 5.69 Å². The molecule has 1 aliphatic heterocycles. The van der Waals surface area contributed by atoms with Crippen molar-refractivity contribution in [3.8, 4) is 17.1 Å². The number of pyridine rings is 2. The van der Waals surface area contributed by atoms with Gasteiger partial charge in [0.2, 0.25) is 0 Å². The topological polar surface area (TPSA) is 75.6 Å². The summed E-state index contributed by atoms with van der Waals surface area (Å²) in [6.45, 7) is 2.46. The van der Waals surface area contributed by atoms with Crippen LogP contribution in [-0.4, -0.2) is 34.3 Å². The van der Waals surface area contributed by atoms with E-state index >= 15 is 0 Å². The largest absolute Gasteiger partial charge is 0.487 e. The molecule has 0 saturated carbocycles. The lowest BCUT2D eigenvalue weighted by Gasteiger charge is -2.27. The maximum atomic E-state index is 11.3. The molecule has 7 heteroatoms. The third kappa shape index (κ3) is 2.56. The van der Waals surface area contributed by atoms with Gasteiger partial charge in [-0.05, 0) is 41.1 Å². The number of carboxylic acid groups (broad SMARTS) is 1. The van der Waals surface area contributed by atoms with Gasteiger partial charge in [-0.1, -0.05) is 6.07 Å². The van der Waals surface area contributed by atoms with E-state index in [4.69, 9.17) is 4.74 Å². The number of hydrogen-bond donors (Lipinski definition) is 1. The molecule has 6 nitrogen and oxygen atoms in total. The lowest BCUT2D eigenvalue weighted by molar-refractivity contribution is 0.196. The maximum absolute atomic E-state index is 11.3. The van der Waals surface area contributed by atoms with Crippen LogP contribution in [0.15, 0.2) is 28.7 Å². The summed E-state index contributed by atoms with van der Waals surface area (Å²) in [5.41, 5.74) is 2.16. The van der Waals surface area contributed by atoms with Gasteiger partial charge in [0, 0.05) is 5.69 Å². The summed E-state index contributed by atoms with van der Waals surface area (Å²) in [5.74, 6) is 0.737. The van der Waals surface area contributed by atoms with Crippen LogP contribution in [0.1, 0.15) is 5.69 Å². The van der Waals surface area contributed by atoms with Gasteiger partial charge in [-0.25, -0.2) is 9.78 Å². The first-order valence-corrected chi connectivity index (χ1v) is 7.13. The van der Waals surface area contributed by atoms with E-state index in [9.17, 15) is 9.90 Å². The molecule has 3 heterocycles. The van der Waals surface area contributed by atoms with Crippen molar-refractivity contribution in [3.05, 3.63) is 34.4 Å². The number of hydrogen-bond acceptors (Lipinski definition) is 4. The number of carbonyl (C=O) groups is 1. The molecule has 0 radical (unpaired) electrons. The highest BCUT2D eigenvalue weighted by atomic mass is 79.9. The Labute approximate surface area is 129 Å². The number of fused-ring (bicyclic) bond motifs is 1. The summed E-state index contributed by atoms with van der Waals surface area (Å²) in [5, 5.41) is 9.28. The fourth-order valence-electron chi connectivity index (χ4n) is 2.15. The lowest BCUT2D eigenvalue weighted by atomic mass is 10.2. The van der Waals surface area contributed by atoms with Gasteiger partial charge in [0.15, 0.2) is 11.6 Å². The third-order valence-electron chi connectivity index (χ3n) is 3.11. The molecule has 0 spiro atoms. The van der Waals surface area contributed by atoms with E-state index < -0.39 is 6.09 Å². The van der Waals surface area contributed by atoms with Crippen LogP contribution in [0.3, 0.4) is 0 Å². The van der Waals surface area contributed by atoms with Crippen LogP contribution in [0.4, 0.5) is 10.6 Å². The normalized spacial score (nSPS) is 13.5. The minimum Gasteiger partial charge on any atom is -0.487 e. The molecule has 3 rings (SSSR count). The first-order chi connectivity index (χ1) is 10.1. The first kappa shape index (κ1) is 13.8. The molecule has 108 valence electrons. The number of ether oxygens (including phenoxy) is 1. The average Bonchev–Trinajstić information content (AvgIpc) is 2.46. The number of nitrogens with zero attached hydrogens (tertiary/aromatic N) is 3. The van der Waals surface area contributed by atoms with Gasteiger partial charge in [-0.2, -0.15) is 0 Å². The molecular weight excluding hydrogens is 338 g/mol. The second-order valence-corrected chi connectivity index (χ2v) is 5.44. The van der Waals surface area contributed by atoms with E-state index in [2.05, 4.69) is 25.9 Å². The van der Waals surface area contributed by atoms with Crippen LogP contribution in [-0.2, 0) is 0 Å². The van der Waals surface area contributed by atoms with Crippen molar-refractivity contribution in [3.63, 3.8) is 0 Å². The number of halogens is 1. The Kier molecular flexibility index (Phi) is 3.50. The maximum Gasteiger partial charge on any atom is 0.413 e. The highest BCUT2D eigenvalue weighted by molar-refractivity contribution is 9.10. The van der Waals surface area contributed by atoms with Crippen molar-refractivity contribution in [1.82, 2.24) is 9.97 Å². The second kappa shape index (κ2) is 5.33. The molecule has 1 N–H and O–H groups in total. The summed E-state index contributed by atoms with van der Waals surface area (Å²) >= 11 is 3.41. The predicted molar refractivity (Wildman–Crippen MR) is 80.8 cm³/mol. The zero-order valence-corrected chi connectivity index (χ0v) is 12.8. The third-order valence-corrected chi connectivity index (χ3v) is 3.70. The standard InChI is InChI=1S/C14H12BrN3O3/c1-8-3-2-4-10(16-8)11-7-9(15)12-13(17-11)18(14(19)20)5-6-21-12/h2-4,7H,5-6H2,1H3,(H,19,20). The van der Waals surface area contributed by atoms with Crippen LogP contribution in [0.2, 0.25) is 0 Å². The number of rotatable bonds is 1. The van der Waals surface area contributed by atoms with E-state index in [0.29, 0.717) is 34.0 Å². The van der Waals surface area contributed by atoms with Crippen molar-refractivity contribution in [2.24, 2.45) is 0 Å². The molecule has 0 saturated heterocycles. The molecule has 0 atom stereocenters. The highest BCUT2D eigenvalue weighted by Crippen LogP contribution is 2.39. The van der Waals surface area contributed by atoms with E-state index in [1.165, 1.54) is 4.90 Å². The van der Waals surface area contributed by atoms with Gasteiger partial charge in [-0.3, -0.25) is 9.88 Å². The van der Waals surface area contributed by atoms with Crippen LogP contribution in [0.25, 0.3) is 11.4 Å². The van der Waals surface area contributed by atoms with Crippen molar-refractivity contribution in [2.45, 2.75) is 6.92 Å². The summed E-state index contributed by atoms with van der Waals surface area (Å²) in [4.78, 5) is 21.3. The Hall–Kier alpha value is -2.15. The van der Waals surface area contributed by atoms with Crippen LogP contribution < -0.4 is 9.64 Å². The molecule has 0 aromatic carbocycles. The van der Waals surface area contributed by atoms with Crippen molar-refractivity contribution >= 4 is 27.8 Å². The molecule has 2 aromatic heterocycles. The van der Waals surface area contributed by atoms with Crippen LogP contribution in [0.5, 0.6) is 5.75 Å². The van der Waals surface area contributed by atoms with E-state index in [1.807, 2.05) is 25.1 Å². The number of amides is 1. The highest BCUT2D eigenvalue weighted by Gasteiger charge is 2.27. The van der Waals surface area contributed by atoms with E-state index in [1.54, 1.807) is 6.07 Å². The quantitative estimate of drug-likeness (QED) is 0.855. The zero-order valence-electron chi connectivity index (χ0n) is 11.2. The molecule has 0 fully saturated rings. The smallest absolute Gasteiger partial charge is 0.413 e. The van der Waals surface area contributed by atoms with Gasteiger partial charge in [0.05, 0.1) is 22.4 Å². The fourth-order valence-corrected chi connectivity index (χ4v) is 2.66. The van der Waals surface area contributed by atoms with Crippen molar-refractivity contribution in [1.29, 1.82) is 0 Å². The summed E-state index contributed by atoms with van der Waals surface area (Å²) in [6.07, 6.45) is -1.05. The molecule has 1 aliphatic rings. The summed E-state index contributed by atoms with van der Waals surface area (Å²) in [6, 6.07) is 7.40. The molecule has 0 aliphatic carbocycles. The molecule has 1 amide bonds. The Morgan fingerprint density at radius 1 is 1.38 bits per heavy atom. The molecule has 21 heavy (non-hydrogen) atoms. The summed E-state index contributed by atoms with van der Waals surface area (Å²) < 4.78 is 6.18. The Bertz CT molecular complexity index is 721. The molecule has 0 unspecified atom stereocenters. The van der Waals surface area contributed by atoms with Gasteiger partial charge in [0.1, 0.15) is 6.61 Å². The number of anilines is 1. The number of aromatic nitrogens is 2. The first-order valence-electron chi connectivity index (χ1n) is 6.34. The predicted octanol–water partition coefficient (Wildman–Crippen LogP) is 3.09. The minimum absolute atomic E-state index is 0.256. The zero-order chi connectivity index (χ0) is 15.0. The molecular formula is C14H12BrN3O3. The Morgan fingerprint density at radius 3 is 2.90 bits per heavy atom. The van der Waals surface area contributed by atoms with Crippen LogP contribution >= 0.6 is 15.9 Å². The minimum atomic E-state index is -1.05. The number of aryl methyl sites for hydroxylation is 1. The fraction of sp³-hybridized carbons (Fsp3) is 0.214. The van der Waals surface area contributed by atoms with E-state index in [-0.39, 0.29) is 6.54 Å². The lowest BCUT2D eigenvalue weighted by Crippen LogP contribution is -2.37. The van der Waals surface area contributed by atoms with Gasteiger partial charge in [-0.15, -0.1) is 0 Å². The SMILES string of the molecule is Cc1cccc(-c2cc(Br)c3c(n2)N(C(=O)O)CCO3)n1. The average molecular weight is 350 g/mol. The van der Waals surface area contributed by atoms with Crippen molar-refractivity contribution in [2.75, 3.05) is 18.1 Å². The molecule has 2 aromatic rings. The van der Waals surface area contributed by atoms with Gasteiger partial charge in [0.25, 0.3) is 0 Å². The van der Waals surface area contributed by atoms with Crippen LogP contribution in [0, 0.1) is 6.92 Å². The Balaban J connectivity index is 2.15. The van der Waals surface area contributed by atoms with Gasteiger partial charge < -0.3 is 9.84 Å². The molecule has 0 bridgehead atoms. The summed E-state index contributed by atoms with van der Waals surface area (Å²) in [7, 11) is 0. The second-order valence-electron chi connectivity index (χ2n) is 4.59. The van der Waals surface area contributed by atoms with Gasteiger partial charge >= 0.3 is 6.09 Å². The van der Waals surface area contributed by atoms with Crippen molar-refractivity contribution < 1.29 is 14.6 Å². The Morgan fingerprint density at radius 2 is 2.19 bits per heavy atom. The monoisotopic (exact) mass is 349 g/mol.